The molecule has 4 heteroatoms. The van der Waals surface area contributed by atoms with E-state index in [1.165, 1.54) is 156 Å². The Bertz CT molecular complexity index is 8710. The van der Waals surface area contributed by atoms with Gasteiger partial charge in [0.05, 0.1) is 0 Å². The average Bonchev–Trinajstić information content (AvgIpc) is 1.61. The molecule has 0 aliphatic heterocycles. The maximum Gasteiger partial charge on any atom is 0.137 e. The van der Waals surface area contributed by atoms with Crippen LogP contribution in [0.2, 0.25) is 0 Å². The predicted octanol–water partition coefficient (Wildman–Crippen LogP) is 40.8. The largest absolute Gasteiger partial charge is 0.456 e. The molecule has 0 unspecified atom stereocenters. The van der Waals surface area contributed by atoms with Gasteiger partial charge in [-0.15, -0.1) is 0 Å². The number of rotatable bonds is 22. The number of hydrogen-bond donors (Lipinski definition) is 0. The SMILES string of the molecule is c1ccc(-c2ccc(-c3ccc(-c4ccc(-c5ccc(N(c6ccc(-c7ccc(-c8ccc(-c9ccc(-c%10ccccc%10)cc9)cc8)cc7)cc6)c6ccc7c(c6)oc6ccccc67)cc5)cc4)cc3)cc2)cc1.c1ccc(-c2cccc(-c3ccc(-c4ccc(-c5ccc(N(c6ccc(-c7ccc(-c8ccc(-c9cccc(-c%10ccccc%10)c9)cc8)cc7)cc6)c6ccc7c(c6)oc6ccccc67)cc5)cc4)cc3)c2)cc1. The molecular weight excluding hydrogens is 1790 g/mol. The van der Waals surface area contributed by atoms with Crippen molar-refractivity contribution < 1.29 is 8.83 Å². The average molecular weight is 1890 g/mol. The fourth-order valence-corrected chi connectivity index (χ4v) is 20.6. The highest BCUT2D eigenvalue weighted by Crippen LogP contribution is 2.46. The van der Waals surface area contributed by atoms with Crippen molar-refractivity contribution >= 4 is 78.0 Å². The molecule has 0 spiro atoms. The summed E-state index contributed by atoms with van der Waals surface area (Å²) in [6, 6.07) is 214. The molecule has 0 saturated carbocycles. The highest BCUT2D eigenvalue weighted by Gasteiger charge is 2.22. The molecule has 0 atom stereocenters. The van der Waals surface area contributed by atoms with E-state index in [0.717, 1.165) is 100 Å². The second kappa shape index (κ2) is 40.5. The van der Waals surface area contributed by atoms with Crippen molar-refractivity contribution in [3.63, 3.8) is 0 Å². The Labute approximate surface area is 862 Å². The third-order valence-electron chi connectivity index (χ3n) is 28.7. The van der Waals surface area contributed by atoms with Crippen molar-refractivity contribution in [1.29, 1.82) is 0 Å². The molecule has 26 aromatic rings. The van der Waals surface area contributed by atoms with Gasteiger partial charge in [-0.1, -0.05) is 485 Å². The summed E-state index contributed by atoms with van der Waals surface area (Å²) in [6.07, 6.45) is 0. The molecule has 0 fully saturated rings. The van der Waals surface area contributed by atoms with Gasteiger partial charge in [-0.2, -0.15) is 0 Å². The molecule has 0 N–H and O–H groups in total. The van der Waals surface area contributed by atoms with E-state index in [1.54, 1.807) is 0 Å². The molecule has 24 aromatic carbocycles. The number of fused-ring (bicyclic) bond motifs is 6. The van der Waals surface area contributed by atoms with Crippen molar-refractivity contribution in [1.82, 2.24) is 0 Å². The number of nitrogens with zero attached hydrogens (tertiary/aromatic N) is 2. The van der Waals surface area contributed by atoms with Crippen LogP contribution in [0.4, 0.5) is 34.1 Å². The summed E-state index contributed by atoms with van der Waals surface area (Å²) in [6.45, 7) is 0. The molecule has 0 saturated heterocycles. The first-order chi connectivity index (χ1) is 73.3. The van der Waals surface area contributed by atoms with Gasteiger partial charge in [-0.25, -0.2) is 0 Å². The number of furan rings is 2. The fourth-order valence-electron chi connectivity index (χ4n) is 20.6. The zero-order chi connectivity index (χ0) is 98.4. The molecule has 0 amide bonds. The number of para-hydroxylation sites is 2. The number of hydrogen-bond acceptors (Lipinski definition) is 4. The normalized spacial score (nSPS) is 11.2. The first kappa shape index (κ1) is 89.8. The first-order valence-corrected chi connectivity index (χ1v) is 50.6. The minimum absolute atomic E-state index is 0.862. The molecule has 696 valence electrons. The van der Waals surface area contributed by atoms with E-state index in [9.17, 15) is 0 Å². The Balaban J connectivity index is 0.000000154. The van der Waals surface area contributed by atoms with Crippen molar-refractivity contribution in [3.8, 4) is 178 Å². The van der Waals surface area contributed by atoms with Crippen molar-refractivity contribution in [2.45, 2.75) is 0 Å². The topological polar surface area (TPSA) is 32.8 Å². The smallest absolute Gasteiger partial charge is 0.137 e. The standard InChI is InChI=1S/2C72H49NO/c1-3-11-50(12-4-1)62-15-9-17-64(47-62)60-33-29-54(30-34-60)52-21-25-56(26-22-52)58-37-41-66(42-38-58)73(68-45-46-70-69-19-7-8-20-71(69)74-72(70)49-68)67-43-39-59(40-44-67)57-27-23-53(24-28-57)55-31-35-61(36-32-55)65-18-10-16-63(48-65)51-13-5-2-6-14-51;1-3-9-50(10-4-1)52-15-19-54(20-16-52)56-23-27-58(28-24-56)60-31-35-62(36-32-60)64-39-43-66(44-40-64)73(68-47-48-70-69-13-7-8-14-71(69)74-72(70)49-68)67-45-41-65(42-46-67)63-37-33-61(34-38-63)59-29-25-57(26-30-59)55-21-17-53(18-22-55)51-11-5-2-6-12-51/h2*1-49H. The van der Waals surface area contributed by atoms with Gasteiger partial charge >= 0.3 is 0 Å². The Kier molecular flexibility index (Phi) is 24.6. The van der Waals surface area contributed by atoms with Crippen LogP contribution in [0.1, 0.15) is 0 Å². The minimum atomic E-state index is 0.862. The summed E-state index contributed by atoms with van der Waals surface area (Å²) in [5, 5.41) is 4.46. The van der Waals surface area contributed by atoms with E-state index in [1.807, 2.05) is 24.3 Å². The van der Waals surface area contributed by atoms with E-state index in [0.29, 0.717) is 0 Å². The Hall–Kier alpha value is -19.5. The summed E-state index contributed by atoms with van der Waals surface area (Å²) < 4.78 is 12.8. The van der Waals surface area contributed by atoms with Crippen LogP contribution >= 0.6 is 0 Å². The zero-order valence-corrected chi connectivity index (χ0v) is 81.3. The van der Waals surface area contributed by atoms with Gasteiger partial charge < -0.3 is 18.6 Å². The van der Waals surface area contributed by atoms with Gasteiger partial charge in [0.15, 0.2) is 0 Å². The predicted molar refractivity (Wildman–Crippen MR) is 624 cm³/mol. The van der Waals surface area contributed by atoms with Crippen LogP contribution in [-0.4, -0.2) is 0 Å². The van der Waals surface area contributed by atoms with Crippen LogP contribution < -0.4 is 9.80 Å². The van der Waals surface area contributed by atoms with Gasteiger partial charge in [-0.3, -0.25) is 0 Å². The summed E-state index contributed by atoms with van der Waals surface area (Å²) in [4.78, 5) is 4.63. The second-order valence-corrected chi connectivity index (χ2v) is 37.8. The van der Waals surface area contributed by atoms with Gasteiger partial charge in [0.2, 0.25) is 0 Å². The second-order valence-electron chi connectivity index (χ2n) is 37.8. The van der Waals surface area contributed by atoms with Gasteiger partial charge in [0, 0.05) is 67.8 Å². The lowest BCUT2D eigenvalue weighted by Gasteiger charge is -2.26. The van der Waals surface area contributed by atoms with Gasteiger partial charge in [0.1, 0.15) is 22.3 Å². The molecule has 26 rings (SSSR count). The van der Waals surface area contributed by atoms with Gasteiger partial charge in [0.25, 0.3) is 0 Å². The maximum absolute atomic E-state index is 6.42. The number of anilines is 6. The maximum atomic E-state index is 6.42. The zero-order valence-electron chi connectivity index (χ0n) is 81.3. The molecule has 0 radical (unpaired) electrons. The third kappa shape index (κ3) is 18.9. The third-order valence-corrected chi connectivity index (χ3v) is 28.7. The van der Waals surface area contributed by atoms with E-state index in [2.05, 4.69) is 580 Å². The van der Waals surface area contributed by atoms with Crippen molar-refractivity contribution in [2.24, 2.45) is 0 Å². The van der Waals surface area contributed by atoms with Crippen LogP contribution in [0.15, 0.2) is 603 Å². The summed E-state index contributed by atoms with van der Waals surface area (Å²) in [5.74, 6) is 0. The van der Waals surface area contributed by atoms with E-state index >= 15 is 0 Å². The minimum Gasteiger partial charge on any atom is -0.456 e. The monoisotopic (exact) mass is 1890 g/mol. The summed E-state index contributed by atoms with van der Waals surface area (Å²) in [7, 11) is 0. The van der Waals surface area contributed by atoms with Crippen molar-refractivity contribution in [2.75, 3.05) is 9.80 Å². The van der Waals surface area contributed by atoms with Crippen LogP contribution in [0.25, 0.3) is 222 Å². The van der Waals surface area contributed by atoms with Crippen LogP contribution in [0, 0.1) is 0 Å². The van der Waals surface area contributed by atoms with Crippen LogP contribution in [0.5, 0.6) is 0 Å². The molecule has 4 nitrogen and oxygen atoms in total. The molecule has 0 bridgehead atoms. The van der Waals surface area contributed by atoms with Gasteiger partial charge in [-0.05, 0) is 275 Å². The first-order valence-electron chi connectivity index (χ1n) is 50.6. The lowest BCUT2D eigenvalue weighted by atomic mass is 9.96. The Morgan fingerprint density at radius 3 is 0.419 bits per heavy atom. The summed E-state index contributed by atoms with van der Waals surface area (Å²) in [5.41, 5.74) is 48.1. The molecule has 148 heavy (non-hydrogen) atoms. The Morgan fingerprint density at radius 2 is 0.223 bits per heavy atom. The quantitative estimate of drug-likeness (QED) is 0.0677. The van der Waals surface area contributed by atoms with Crippen LogP contribution in [-0.2, 0) is 0 Å². The fraction of sp³-hybridized carbons (Fsp3) is 0. The highest BCUT2D eigenvalue weighted by atomic mass is 16.3. The number of benzene rings is 24. The summed E-state index contributed by atoms with van der Waals surface area (Å²) >= 11 is 0. The highest BCUT2D eigenvalue weighted by molar-refractivity contribution is 6.08. The molecule has 0 aliphatic rings. The Morgan fingerprint density at radius 1 is 0.0878 bits per heavy atom. The molecule has 2 aromatic heterocycles. The lowest BCUT2D eigenvalue weighted by Crippen LogP contribution is -2.09. The molecule has 0 aliphatic carbocycles. The van der Waals surface area contributed by atoms with Crippen molar-refractivity contribution in [3.05, 3.63) is 595 Å². The lowest BCUT2D eigenvalue weighted by molar-refractivity contribution is 0.668. The molecule has 2 heterocycles. The van der Waals surface area contributed by atoms with E-state index < -0.39 is 0 Å². The van der Waals surface area contributed by atoms with E-state index in [4.69, 9.17) is 8.83 Å². The van der Waals surface area contributed by atoms with E-state index in [-0.39, 0.29) is 0 Å². The molecular formula is C144H98N2O2. The van der Waals surface area contributed by atoms with Crippen LogP contribution in [0.3, 0.4) is 0 Å².